The molecule has 0 heterocycles. The highest BCUT2D eigenvalue weighted by molar-refractivity contribution is 5.51. The van der Waals surface area contributed by atoms with E-state index in [4.69, 9.17) is 10.5 Å². The number of benzene rings is 1. The van der Waals surface area contributed by atoms with Crippen LogP contribution >= 0.6 is 0 Å². The molecule has 0 bridgehead atoms. The lowest BCUT2D eigenvalue weighted by Crippen LogP contribution is -2.10. The fourth-order valence-electron chi connectivity index (χ4n) is 1.29. The Morgan fingerprint density at radius 2 is 1.88 bits per heavy atom. The van der Waals surface area contributed by atoms with E-state index in [1.165, 1.54) is 0 Å². The summed E-state index contributed by atoms with van der Waals surface area (Å²) in [6.45, 7) is 6.84. The topological polar surface area (TPSA) is 47.3 Å². The Morgan fingerprint density at radius 3 is 2.50 bits per heavy atom. The molecule has 0 aliphatic heterocycles. The summed E-state index contributed by atoms with van der Waals surface area (Å²) < 4.78 is 5.50. The van der Waals surface area contributed by atoms with E-state index in [0.717, 1.165) is 37.6 Å². The monoisotopic (exact) mass is 222 g/mol. The molecule has 3 heteroatoms. The summed E-state index contributed by atoms with van der Waals surface area (Å²) in [5.74, 6) is 0.713. The van der Waals surface area contributed by atoms with Gasteiger partial charge < -0.3 is 15.8 Å². The predicted octanol–water partition coefficient (Wildman–Crippen LogP) is 2.74. The van der Waals surface area contributed by atoms with Crippen LogP contribution < -0.4 is 11.1 Å². The summed E-state index contributed by atoms with van der Waals surface area (Å²) >= 11 is 0. The van der Waals surface area contributed by atoms with Gasteiger partial charge in [0.1, 0.15) is 0 Å². The molecular weight excluding hydrogens is 200 g/mol. The molecule has 0 saturated carbocycles. The zero-order valence-electron chi connectivity index (χ0n) is 10.2. The Kier molecular flexibility index (Phi) is 5.72. The van der Waals surface area contributed by atoms with E-state index in [0.29, 0.717) is 5.92 Å². The van der Waals surface area contributed by atoms with Crippen LogP contribution in [0, 0.1) is 5.92 Å². The molecule has 90 valence electrons. The van der Waals surface area contributed by atoms with Crippen LogP contribution in [0.15, 0.2) is 24.3 Å². The zero-order chi connectivity index (χ0) is 11.8. The lowest BCUT2D eigenvalue weighted by Gasteiger charge is -2.08. The molecule has 1 aromatic rings. The Labute approximate surface area is 98.0 Å². The molecule has 0 aliphatic rings. The summed E-state index contributed by atoms with van der Waals surface area (Å²) in [4.78, 5) is 0. The number of nitrogens with one attached hydrogen (secondary N) is 1. The lowest BCUT2D eigenvalue weighted by atomic mass is 10.1. The Morgan fingerprint density at radius 1 is 1.19 bits per heavy atom. The third-order valence-electron chi connectivity index (χ3n) is 2.33. The van der Waals surface area contributed by atoms with E-state index < -0.39 is 0 Å². The molecule has 3 nitrogen and oxygen atoms in total. The second-order valence-corrected chi connectivity index (χ2v) is 4.34. The average Bonchev–Trinajstić information content (AvgIpc) is 2.25. The SMILES string of the molecule is CC(C)CCOCCNc1ccc(N)cc1. The van der Waals surface area contributed by atoms with Crippen LogP contribution in [0.5, 0.6) is 0 Å². The van der Waals surface area contributed by atoms with Crippen LogP contribution in [0.4, 0.5) is 11.4 Å². The Balaban J connectivity index is 2.05. The number of hydrogen-bond acceptors (Lipinski definition) is 3. The van der Waals surface area contributed by atoms with Crippen molar-refractivity contribution < 1.29 is 4.74 Å². The number of nitrogens with two attached hydrogens (primary N) is 1. The molecule has 0 aliphatic carbocycles. The first kappa shape index (κ1) is 12.8. The van der Waals surface area contributed by atoms with Gasteiger partial charge in [0.2, 0.25) is 0 Å². The molecule has 16 heavy (non-hydrogen) atoms. The number of hydrogen-bond donors (Lipinski definition) is 2. The van der Waals surface area contributed by atoms with Gasteiger partial charge in [-0.2, -0.15) is 0 Å². The number of nitrogen functional groups attached to an aromatic ring is 1. The minimum absolute atomic E-state index is 0.713. The van der Waals surface area contributed by atoms with E-state index in [1.807, 2.05) is 24.3 Å². The molecule has 0 fully saturated rings. The van der Waals surface area contributed by atoms with Crippen molar-refractivity contribution >= 4 is 11.4 Å². The maximum absolute atomic E-state index is 5.60. The Bertz CT molecular complexity index is 282. The highest BCUT2D eigenvalue weighted by atomic mass is 16.5. The van der Waals surface area contributed by atoms with E-state index in [1.54, 1.807) is 0 Å². The maximum atomic E-state index is 5.60. The van der Waals surface area contributed by atoms with Crippen LogP contribution in [0.25, 0.3) is 0 Å². The first-order chi connectivity index (χ1) is 7.68. The van der Waals surface area contributed by atoms with Crippen molar-refractivity contribution in [1.82, 2.24) is 0 Å². The molecule has 0 atom stereocenters. The van der Waals surface area contributed by atoms with Gasteiger partial charge in [-0.25, -0.2) is 0 Å². The Hall–Kier alpha value is -1.22. The maximum Gasteiger partial charge on any atom is 0.0639 e. The molecule has 0 spiro atoms. The quantitative estimate of drug-likeness (QED) is 0.551. The van der Waals surface area contributed by atoms with Crippen molar-refractivity contribution in [2.75, 3.05) is 30.8 Å². The largest absolute Gasteiger partial charge is 0.399 e. The van der Waals surface area contributed by atoms with Crippen LogP contribution in [0.2, 0.25) is 0 Å². The summed E-state index contributed by atoms with van der Waals surface area (Å²) in [5, 5.41) is 3.28. The van der Waals surface area contributed by atoms with E-state index in [9.17, 15) is 0 Å². The van der Waals surface area contributed by atoms with Crippen molar-refractivity contribution in [3.8, 4) is 0 Å². The van der Waals surface area contributed by atoms with Crippen LogP contribution in [-0.4, -0.2) is 19.8 Å². The molecular formula is C13H22N2O. The average molecular weight is 222 g/mol. The normalized spacial score (nSPS) is 10.7. The molecule has 0 radical (unpaired) electrons. The predicted molar refractivity (Wildman–Crippen MR) is 69.6 cm³/mol. The van der Waals surface area contributed by atoms with Gasteiger partial charge in [-0.05, 0) is 36.6 Å². The fraction of sp³-hybridized carbons (Fsp3) is 0.538. The molecule has 0 aromatic heterocycles. The summed E-state index contributed by atoms with van der Waals surface area (Å²) in [6, 6.07) is 7.73. The van der Waals surface area contributed by atoms with Crippen molar-refractivity contribution in [3.05, 3.63) is 24.3 Å². The fourth-order valence-corrected chi connectivity index (χ4v) is 1.29. The van der Waals surface area contributed by atoms with Crippen LogP contribution in [0.3, 0.4) is 0 Å². The van der Waals surface area contributed by atoms with E-state index in [2.05, 4.69) is 19.2 Å². The minimum atomic E-state index is 0.713. The van der Waals surface area contributed by atoms with Gasteiger partial charge in [-0.1, -0.05) is 13.8 Å². The van der Waals surface area contributed by atoms with E-state index in [-0.39, 0.29) is 0 Å². The second kappa shape index (κ2) is 7.12. The van der Waals surface area contributed by atoms with Crippen LogP contribution in [0.1, 0.15) is 20.3 Å². The summed E-state index contributed by atoms with van der Waals surface area (Å²) in [5.41, 5.74) is 7.47. The first-order valence-corrected chi connectivity index (χ1v) is 5.85. The minimum Gasteiger partial charge on any atom is -0.399 e. The summed E-state index contributed by atoms with van der Waals surface area (Å²) in [6.07, 6.45) is 1.13. The highest BCUT2D eigenvalue weighted by Gasteiger charge is 1.94. The van der Waals surface area contributed by atoms with Gasteiger partial charge in [-0.15, -0.1) is 0 Å². The molecule has 1 aromatic carbocycles. The van der Waals surface area contributed by atoms with Gasteiger partial charge in [0.05, 0.1) is 6.61 Å². The van der Waals surface area contributed by atoms with Crippen LogP contribution in [-0.2, 0) is 4.74 Å². The number of ether oxygens (including phenoxy) is 1. The molecule has 0 amide bonds. The van der Waals surface area contributed by atoms with Gasteiger partial charge in [0.15, 0.2) is 0 Å². The molecule has 3 N–H and O–H groups in total. The molecule has 0 unspecified atom stereocenters. The molecule has 0 saturated heterocycles. The third kappa shape index (κ3) is 5.61. The summed E-state index contributed by atoms with van der Waals surface area (Å²) in [7, 11) is 0. The van der Waals surface area contributed by atoms with Crippen molar-refractivity contribution in [3.63, 3.8) is 0 Å². The van der Waals surface area contributed by atoms with Crippen molar-refractivity contribution in [2.24, 2.45) is 5.92 Å². The van der Waals surface area contributed by atoms with Gasteiger partial charge in [0, 0.05) is 24.5 Å². The lowest BCUT2D eigenvalue weighted by molar-refractivity contribution is 0.132. The number of anilines is 2. The molecule has 1 rings (SSSR count). The van der Waals surface area contributed by atoms with Gasteiger partial charge >= 0.3 is 0 Å². The first-order valence-electron chi connectivity index (χ1n) is 5.85. The zero-order valence-corrected chi connectivity index (χ0v) is 10.2. The number of rotatable bonds is 7. The third-order valence-corrected chi connectivity index (χ3v) is 2.33. The highest BCUT2D eigenvalue weighted by Crippen LogP contribution is 2.09. The second-order valence-electron chi connectivity index (χ2n) is 4.34. The van der Waals surface area contributed by atoms with Crippen molar-refractivity contribution in [2.45, 2.75) is 20.3 Å². The smallest absolute Gasteiger partial charge is 0.0639 e. The van der Waals surface area contributed by atoms with Gasteiger partial charge in [-0.3, -0.25) is 0 Å². The standard InChI is InChI=1S/C13H22N2O/c1-11(2)7-9-16-10-8-15-13-5-3-12(14)4-6-13/h3-6,11,15H,7-10,14H2,1-2H3. The van der Waals surface area contributed by atoms with Gasteiger partial charge in [0.25, 0.3) is 0 Å². The van der Waals surface area contributed by atoms with E-state index >= 15 is 0 Å². The van der Waals surface area contributed by atoms with Crippen molar-refractivity contribution in [1.29, 1.82) is 0 Å².